The quantitative estimate of drug-likeness (QED) is 0.487. The van der Waals surface area contributed by atoms with Crippen molar-refractivity contribution in [1.82, 2.24) is 14.8 Å². The molecule has 1 N–H and O–H groups in total. The number of rotatable bonds is 9. The molecule has 0 aliphatic carbocycles. The van der Waals surface area contributed by atoms with E-state index in [2.05, 4.69) is 15.5 Å². The highest BCUT2D eigenvalue weighted by Gasteiger charge is 2.21. The third kappa shape index (κ3) is 5.32. The Kier molecular flexibility index (Phi) is 7.45. The highest BCUT2D eigenvalue weighted by atomic mass is 32.2. The van der Waals surface area contributed by atoms with Crippen LogP contribution < -0.4 is 14.8 Å². The van der Waals surface area contributed by atoms with Crippen LogP contribution in [0, 0.1) is 11.6 Å². The molecule has 0 radical (unpaired) electrons. The first-order valence-corrected chi connectivity index (χ1v) is 10.5. The number of thioether (sulfide) groups is 1. The molecule has 10 heteroatoms. The predicted molar refractivity (Wildman–Crippen MR) is 113 cm³/mol. The smallest absolute Gasteiger partial charge is 0.235 e. The van der Waals surface area contributed by atoms with E-state index in [1.54, 1.807) is 19.2 Å². The van der Waals surface area contributed by atoms with Gasteiger partial charge in [0.1, 0.15) is 17.3 Å². The molecule has 0 saturated carbocycles. The van der Waals surface area contributed by atoms with Gasteiger partial charge in [0.15, 0.2) is 28.6 Å². The van der Waals surface area contributed by atoms with Crippen molar-refractivity contribution in [3.63, 3.8) is 0 Å². The summed E-state index contributed by atoms with van der Waals surface area (Å²) in [6.45, 7) is 4.31. The minimum atomic E-state index is -0.834. The van der Waals surface area contributed by atoms with Gasteiger partial charge in [-0.3, -0.25) is 4.79 Å². The zero-order valence-electron chi connectivity index (χ0n) is 17.3. The van der Waals surface area contributed by atoms with Crippen LogP contribution in [-0.2, 0) is 11.3 Å². The average Bonchev–Trinajstić information content (AvgIpc) is 3.18. The zero-order chi connectivity index (χ0) is 22.4. The van der Waals surface area contributed by atoms with Gasteiger partial charge in [0.05, 0.1) is 12.9 Å². The van der Waals surface area contributed by atoms with E-state index in [9.17, 15) is 13.6 Å². The van der Waals surface area contributed by atoms with Crippen LogP contribution in [0.2, 0.25) is 0 Å². The number of carbonyl (C=O) groups excluding carboxylic acids is 1. The Morgan fingerprint density at radius 1 is 1.13 bits per heavy atom. The number of amides is 1. The highest BCUT2D eigenvalue weighted by molar-refractivity contribution is 7.99. The van der Waals surface area contributed by atoms with Crippen LogP contribution in [0.15, 0.2) is 47.6 Å². The molecule has 164 valence electrons. The Labute approximate surface area is 182 Å². The summed E-state index contributed by atoms with van der Waals surface area (Å²) < 4.78 is 40.5. The van der Waals surface area contributed by atoms with Crippen LogP contribution in [0.25, 0.3) is 0 Å². The molecule has 0 spiro atoms. The molecule has 31 heavy (non-hydrogen) atoms. The summed E-state index contributed by atoms with van der Waals surface area (Å²) in [5, 5.41) is 11.1. The Balaban J connectivity index is 1.67. The molecular weight excluding hydrogens is 426 g/mol. The molecule has 1 unspecified atom stereocenters. The predicted octanol–water partition coefficient (Wildman–Crippen LogP) is 4.46. The molecule has 0 aliphatic heterocycles. The molecular formula is C21H22F2N4O3S. The van der Waals surface area contributed by atoms with Gasteiger partial charge in [0.2, 0.25) is 5.91 Å². The van der Waals surface area contributed by atoms with Crippen LogP contribution in [0.1, 0.15) is 25.8 Å². The fraction of sp³-hybridized carbons (Fsp3) is 0.286. The number of ether oxygens (including phenoxy) is 2. The lowest BCUT2D eigenvalue weighted by Crippen LogP contribution is -2.17. The van der Waals surface area contributed by atoms with Gasteiger partial charge in [-0.15, -0.1) is 10.2 Å². The summed E-state index contributed by atoms with van der Waals surface area (Å²) in [6, 6.07) is 10.7. The molecule has 1 aromatic heterocycles. The number of halogens is 2. The molecule has 2 aromatic carbocycles. The van der Waals surface area contributed by atoms with E-state index < -0.39 is 29.3 Å². The van der Waals surface area contributed by atoms with Crippen molar-refractivity contribution in [3.8, 4) is 11.5 Å². The second kappa shape index (κ2) is 10.3. The van der Waals surface area contributed by atoms with Gasteiger partial charge in [-0.25, -0.2) is 8.78 Å². The molecule has 7 nitrogen and oxygen atoms in total. The number of hydrogen-bond donors (Lipinski definition) is 1. The van der Waals surface area contributed by atoms with E-state index in [4.69, 9.17) is 9.47 Å². The highest BCUT2D eigenvalue weighted by Crippen LogP contribution is 2.31. The Morgan fingerprint density at radius 3 is 2.45 bits per heavy atom. The second-order valence-electron chi connectivity index (χ2n) is 6.43. The number of hydrogen-bond acceptors (Lipinski definition) is 6. The lowest BCUT2D eigenvalue weighted by Gasteiger charge is -2.17. The van der Waals surface area contributed by atoms with Gasteiger partial charge in [0.25, 0.3) is 0 Å². The maximum atomic E-state index is 13.7. The van der Waals surface area contributed by atoms with Crippen molar-refractivity contribution in [1.29, 1.82) is 0 Å². The van der Waals surface area contributed by atoms with Crippen LogP contribution >= 0.6 is 11.8 Å². The first-order valence-electron chi connectivity index (χ1n) is 9.54. The number of para-hydroxylation sites is 3. The topological polar surface area (TPSA) is 78.3 Å². The third-order valence-corrected chi connectivity index (χ3v) is 5.32. The van der Waals surface area contributed by atoms with E-state index in [1.807, 2.05) is 30.5 Å². The number of nitrogens with one attached hydrogen (secondary N) is 1. The minimum absolute atomic E-state index is 0.0896. The molecule has 0 aliphatic rings. The van der Waals surface area contributed by atoms with Crippen molar-refractivity contribution in [2.45, 2.75) is 31.7 Å². The van der Waals surface area contributed by atoms with Gasteiger partial charge in [-0.2, -0.15) is 0 Å². The van der Waals surface area contributed by atoms with Gasteiger partial charge in [-0.05, 0) is 38.1 Å². The van der Waals surface area contributed by atoms with Gasteiger partial charge in [0, 0.05) is 6.54 Å². The maximum absolute atomic E-state index is 13.7. The van der Waals surface area contributed by atoms with Crippen molar-refractivity contribution in [2.24, 2.45) is 0 Å². The lowest BCUT2D eigenvalue weighted by molar-refractivity contribution is -0.113. The standard InChI is InChI=1S/C21H22F2N4O3S/c1-4-27-20(13(2)30-17-11-6-5-10-16(17)29-3)25-26-21(27)31-12-18(28)24-19-14(22)8-7-9-15(19)23/h5-11,13H,4,12H2,1-3H3,(H,24,28). The molecule has 1 amide bonds. The molecule has 0 fully saturated rings. The summed E-state index contributed by atoms with van der Waals surface area (Å²) >= 11 is 1.12. The van der Waals surface area contributed by atoms with Crippen LogP contribution in [0.4, 0.5) is 14.5 Å². The van der Waals surface area contributed by atoms with Crippen molar-refractivity contribution >= 4 is 23.4 Å². The number of anilines is 1. The molecule has 1 atom stereocenters. The van der Waals surface area contributed by atoms with E-state index in [1.165, 1.54) is 6.07 Å². The first kappa shape index (κ1) is 22.5. The zero-order valence-corrected chi connectivity index (χ0v) is 18.1. The van der Waals surface area contributed by atoms with E-state index in [0.29, 0.717) is 29.0 Å². The SMILES string of the molecule is CCn1c(SCC(=O)Nc2c(F)cccc2F)nnc1C(C)Oc1ccccc1OC. The molecule has 3 rings (SSSR count). The fourth-order valence-electron chi connectivity index (χ4n) is 2.89. The van der Waals surface area contributed by atoms with Crippen molar-refractivity contribution < 1.29 is 23.0 Å². The van der Waals surface area contributed by atoms with Gasteiger partial charge >= 0.3 is 0 Å². The first-order chi connectivity index (χ1) is 14.9. The third-order valence-electron chi connectivity index (χ3n) is 4.36. The van der Waals surface area contributed by atoms with Crippen LogP contribution in [-0.4, -0.2) is 33.5 Å². The van der Waals surface area contributed by atoms with Crippen molar-refractivity contribution in [3.05, 3.63) is 59.9 Å². The number of aromatic nitrogens is 3. The fourth-order valence-corrected chi connectivity index (χ4v) is 3.70. The molecule has 3 aromatic rings. The number of benzene rings is 2. The van der Waals surface area contributed by atoms with E-state index in [0.717, 1.165) is 23.9 Å². The molecule has 1 heterocycles. The van der Waals surface area contributed by atoms with E-state index in [-0.39, 0.29) is 5.75 Å². The summed E-state index contributed by atoms with van der Waals surface area (Å²) in [6.07, 6.45) is -0.431. The minimum Gasteiger partial charge on any atom is -0.493 e. The maximum Gasteiger partial charge on any atom is 0.235 e. The Morgan fingerprint density at radius 2 is 1.81 bits per heavy atom. The average molecular weight is 448 g/mol. The van der Waals surface area contributed by atoms with E-state index >= 15 is 0 Å². The molecule has 0 saturated heterocycles. The monoisotopic (exact) mass is 448 g/mol. The number of methoxy groups -OCH3 is 1. The number of nitrogens with zero attached hydrogens (tertiary/aromatic N) is 3. The van der Waals surface area contributed by atoms with Crippen molar-refractivity contribution in [2.75, 3.05) is 18.2 Å². The summed E-state index contributed by atoms with van der Waals surface area (Å²) in [7, 11) is 1.56. The summed E-state index contributed by atoms with van der Waals surface area (Å²) in [5.74, 6) is -0.559. The normalized spacial score (nSPS) is 11.8. The Hall–Kier alpha value is -3.14. The Bertz CT molecular complexity index is 1040. The lowest BCUT2D eigenvalue weighted by atomic mass is 10.3. The number of carbonyl (C=O) groups is 1. The second-order valence-corrected chi connectivity index (χ2v) is 7.37. The summed E-state index contributed by atoms with van der Waals surface area (Å²) in [5.41, 5.74) is -0.468. The molecule has 0 bridgehead atoms. The van der Waals surface area contributed by atoms with Crippen LogP contribution in [0.5, 0.6) is 11.5 Å². The summed E-state index contributed by atoms with van der Waals surface area (Å²) in [4.78, 5) is 12.2. The van der Waals surface area contributed by atoms with Gasteiger partial charge < -0.3 is 19.4 Å². The largest absolute Gasteiger partial charge is 0.493 e. The van der Waals surface area contributed by atoms with Gasteiger partial charge in [-0.1, -0.05) is 30.0 Å². The van der Waals surface area contributed by atoms with Crippen LogP contribution in [0.3, 0.4) is 0 Å².